The molecule has 0 heterocycles. The van der Waals surface area contributed by atoms with Crippen LogP contribution in [0.3, 0.4) is 0 Å². The van der Waals surface area contributed by atoms with Crippen LogP contribution in [0, 0.1) is 11.6 Å². The Morgan fingerprint density at radius 3 is 2.52 bits per heavy atom. The Kier molecular flexibility index (Phi) is 6.22. The highest BCUT2D eigenvalue weighted by molar-refractivity contribution is 5.88. The van der Waals surface area contributed by atoms with Crippen molar-refractivity contribution in [3.05, 3.63) is 76.9 Å². The summed E-state index contributed by atoms with van der Waals surface area (Å²) >= 11 is 0. The number of amides is 1. The van der Waals surface area contributed by atoms with Crippen LogP contribution in [0.1, 0.15) is 21.5 Å². The lowest BCUT2D eigenvalue weighted by Crippen LogP contribution is -2.24. The standard InChI is InChI=1S/C18H15F2NO4/c19-15-10-14(17(22)23)16(20)9-13(15)7-4-8-21-18(24)25-11-12-5-2-1-3-6-12/h1-7,9-10H,8,11H2,(H,21,24)(H,22,23). The van der Waals surface area contributed by atoms with E-state index in [4.69, 9.17) is 9.84 Å². The summed E-state index contributed by atoms with van der Waals surface area (Å²) in [5.74, 6) is -3.46. The highest BCUT2D eigenvalue weighted by Gasteiger charge is 2.13. The smallest absolute Gasteiger partial charge is 0.407 e. The van der Waals surface area contributed by atoms with Crippen molar-refractivity contribution in [3.8, 4) is 0 Å². The van der Waals surface area contributed by atoms with Crippen molar-refractivity contribution in [2.75, 3.05) is 6.54 Å². The van der Waals surface area contributed by atoms with Crippen molar-refractivity contribution in [2.24, 2.45) is 0 Å². The summed E-state index contributed by atoms with van der Waals surface area (Å²) in [6, 6.07) is 10.5. The maximum absolute atomic E-state index is 13.7. The van der Waals surface area contributed by atoms with Gasteiger partial charge < -0.3 is 15.2 Å². The summed E-state index contributed by atoms with van der Waals surface area (Å²) in [6.45, 7) is 0.155. The van der Waals surface area contributed by atoms with E-state index in [1.54, 1.807) is 0 Å². The monoisotopic (exact) mass is 347 g/mol. The normalized spacial score (nSPS) is 10.6. The molecule has 7 heteroatoms. The zero-order chi connectivity index (χ0) is 18.2. The Balaban J connectivity index is 1.84. The van der Waals surface area contributed by atoms with Crippen LogP contribution in [-0.2, 0) is 11.3 Å². The third-order valence-corrected chi connectivity index (χ3v) is 3.19. The molecule has 0 atom stereocenters. The molecule has 2 rings (SSSR count). The lowest BCUT2D eigenvalue weighted by atomic mass is 10.1. The molecule has 1 amide bonds. The van der Waals surface area contributed by atoms with Gasteiger partial charge in [-0.25, -0.2) is 18.4 Å². The fourth-order valence-electron chi connectivity index (χ4n) is 1.96. The van der Waals surface area contributed by atoms with Crippen LogP contribution in [0.5, 0.6) is 0 Å². The Morgan fingerprint density at radius 2 is 1.84 bits per heavy atom. The van der Waals surface area contributed by atoms with Gasteiger partial charge in [0.25, 0.3) is 0 Å². The highest BCUT2D eigenvalue weighted by Crippen LogP contribution is 2.16. The van der Waals surface area contributed by atoms with Crippen molar-refractivity contribution >= 4 is 18.1 Å². The van der Waals surface area contributed by atoms with Gasteiger partial charge in [-0.05, 0) is 17.7 Å². The SMILES string of the molecule is O=C(NCC=Cc1cc(F)c(C(=O)O)cc1F)OCc1ccccc1. The molecule has 2 aromatic carbocycles. The molecule has 0 bridgehead atoms. The first kappa shape index (κ1) is 18.1. The number of carboxylic acids is 1. The molecule has 2 aromatic rings. The third kappa shape index (κ3) is 5.42. The van der Waals surface area contributed by atoms with Crippen molar-refractivity contribution < 1.29 is 28.2 Å². The fourth-order valence-corrected chi connectivity index (χ4v) is 1.96. The largest absolute Gasteiger partial charge is 0.478 e. The van der Waals surface area contributed by atoms with E-state index < -0.39 is 29.3 Å². The summed E-state index contributed by atoms with van der Waals surface area (Å²) < 4.78 is 32.2. The van der Waals surface area contributed by atoms with Gasteiger partial charge in [0, 0.05) is 12.1 Å². The predicted octanol–water partition coefficient (Wildman–Crippen LogP) is 3.60. The molecule has 0 radical (unpaired) electrons. The fraction of sp³-hybridized carbons (Fsp3) is 0.111. The molecule has 0 aliphatic rings. The molecule has 0 aromatic heterocycles. The number of hydrogen-bond donors (Lipinski definition) is 2. The van der Waals surface area contributed by atoms with Gasteiger partial charge in [0.15, 0.2) is 0 Å². The number of carboxylic acid groups (broad SMARTS) is 1. The van der Waals surface area contributed by atoms with Crippen molar-refractivity contribution in [3.63, 3.8) is 0 Å². The van der Waals surface area contributed by atoms with Gasteiger partial charge in [-0.15, -0.1) is 0 Å². The molecule has 0 saturated carbocycles. The van der Waals surface area contributed by atoms with Crippen LogP contribution in [0.4, 0.5) is 13.6 Å². The zero-order valence-corrected chi connectivity index (χ0v) is 13.0. The topological polar surface area (TPSA) is 75.6 Å². The van der Waals surface area contributed by atoms with E-state index in [2.05, 4.69) is 5.32 Å². The minimum absolute atomic E-state index is 0.0371. The van der Waals surface area contributed by atoms with Crippen molar-refractivity contribution in [1.82, 2.24) is 5.32 Å². The summed E-state index contributed by atoms with van der Waals surface area (Å²) in [6.07, 6.45) is 1.98. The lowest BCUT2D eigenvalue weighted by molar-refractivity contribution is 0.0691. The molecule has 0 aliphatic heterocycles. The van der Waals surface area contributed by atoms with Gasteiger partial charge in [-0.2, -0.15) is 0 Å². The van der Waals surface area contributed by atoms with E-state index in [9.17, 15) is 18.4 Å². The van der Waals surface area contributed by atoms with Crippen LogP contribution < -0.4 is 5.32 Å². The van der Waals surface area contributed by atoms with E-state index in [1.165, 1.54) is 12.2 Å². The summed E-state index contributed by atoms with van der Waals surface area (Å²) in [4.78, 5) is 22.2. The number of nitrogens with one attached hydrogen (secondary N) is 1. The second kappa shape index (κ2) is 8.58. The molecule has 0 aliphatic carbocycles. The molecular weight excluding hydrogens is 332 g/mol. The average Bonchev–Trinajstić information content (AvgIpc) is 2.60. The number of alkyl carbamates (subject to hydrolysis) is 1. The average molecular weight is 347 g/mol. The van der Waals surface area contributed by atoms with Gasteiger partial charge in [0.1, 0.15) is 18.2 Å². The molecule has 2 N–H and O–H groups in total. The first-order chi connectivity index (χ1) is 12.0. The van der Waals surface area contributed by atoms with Crippen LogP contribution >= 0.6 is 0 Å². The Bertz CT molecular complexity index is 791. The quantitative estimate of drug-likeness (QED) is 0.837. The lowest BCUT2D eigenvalue weighted by Gasteiger charge is -2.05. The van der Waals surface area contributed by atoms with Gasteiger partial charge in [-0.3, -0.25) is 0 Å². The van der Waals surface area contributed by atoms with Crippen LogP contribution in [0.25, 0.3) is 6.08 Å². The molecule has 0 saturated heterocycles. The van der Waals surface area contributed by atoms with Crippen molar-refractivity contribution in [1.29, 1.82) is 0 Å². The third-order valence-electron chi connectivity index (χ3n) is 3.19. The van der Waals surface area contributed by atoms with Crippen LogP contribution in [0.2, 0.25) is 0 Å². The number of hydrogen-bond acceptors (Lipinski definition) is 3. The maximum Gasteiger partial charge on any atom is 0.407 e. The number of carbonyl (C=O) groups is 2. The number of aromatic carboxylic acids is 1. The molecule has 0 unspecified atom stereocenters. The predicted molar refractivity (Wildman–Crippen MR) is 87.0 cm³/mol. The minimum Gasteiger partial charge on any atom is -0.478 e. The minimum atomic E-state index is -1.55. The van der Waals surface area contributed by atoms with Crippen molar-refractivity contribution in [2.45, 2.75) is 6.61 Å². The second-order valence-electron chi connectivity index (χ2n) is 5.00. The van der Waals surface area contributed by atoms with Gasteiger partial charge >= 0.3 is 12.1 Å². The van der Waals surface area contributed by atoms with Gasteiger partial charge in [0.2, 0.25) is 0 Å². The molecular formula is C18H15F2NO4. The Hall–Kier alpha value is -3.22. The number of halogens is 2. The zero-order valence-electron chi connectivity index (χ0n) is 13.0. The van der Waals surface area contributed by atoms with Gasteiger partial charge in [-0.1, -0.05) is 42.5 Å². The summed E-state index contributed by atoms with van der Waals surface area (Å²) in [7, 11) is 0. The number of benzene rings is 2. The summed E-state index contributed by atoms with van der Waals surface area (Å²) in [5, 5.41) is 11.1. The van der Waals surface area contributed by atoms with Crippen LogP contribution in [0.15, 0.2) is 48.5 Å². The van der Waals surface area contributed by atoms with Crippen LogP contribution in [-0.4, -0.2) is 23.7 Å². The van der Waals surface area contributed by atoms with E-state index >= 15 is 0 Å². The second-order valence-corrected chi connectivity index (χ2v) is 5.00. The molecule has 0 fully saturated rings. The Morgan fingerprint density at radius 1 is 1.12 bits per heavy atom. The maximum atomic E-state index is 13.7. The first-order valence-corrected chi connectivity index (χ1v) is 7.31. The first-order valence-electron chi connectivity index (χ1n) is 7.31. The number of ether oxygens (including phenoxy) is 1. The molecule has 5 nitrogen and oxygen atoms in total. The number of rotatable bonds is 6. The molecule has 130 valence electrons. The summed E-state index contributed by atoms with van der Waals surface area (Å²) in [5.41, 5.74) is -0.0246. The van der Waals surface area contributed by atoms with E-state index in [0.717, 1.165) is 11.6 Å². The Labute approximate surface area is 142 Å². The molecule has 0 spiro atoms. The highest BCUT2D eigenvalue weighted by atomic mass is 19.1. The number of carbonyl (C=O) groups excluding carboxylic acids is 1. The van der Waals surface area contributed by atoms with E-state index in [-0.39, 0.29) is 18.7 Å². The molecule has 25 heavy (non-hydrogen) atoms. The van der Waals surface area contributed by atoms with E-state index in [1.807, 2.05) is 30.3 Å². The van der Waals surface area contributed by atoms with E-state index in [0.29, 0.717) is 6.07 Å². The van der Waals surface area contributed by atoms with Gasteiger partial charge in [0.05, 0.1) is 5.56 Å².